The van der Waals surface area contributed by atoms with E-state index in [1.807, 2.05) is 18.2 Å². The number of carbonyl (C=O) groups is 1. The molecule has 2 heterocycles. The fraction of sp³-hybridized carbons (Fsp3) is 0.182. The molecule has 0 saturated carbocycles. The summed E-state index contributed by atoms with van der Waals surface area (Å²) < 4.78 is -0.00868. The van der Waals surface area contributed by atoms with Crippen molar-refractivity contribution in [2.75, 3.05) is 5.32 Å². The predicted molar refractivity (Wildman–Crippen MR) is 74.4 cm³/mol. The van der Waals surface area contributed by atoms with Crippen molar-refractivity contribution in [1.82, 2.24) is 9.97 Å². The van der Waals surface area contributed by atoms with Crippen LogP contribution in [0.3, 0.4) is 0 Å². The first-order chi connectivity index (χ1) is 8.06. The van der Waals surface area contributed by atoms with Gasteiger partial charge in [0.2, 0.25) is 5.91 Å². The molecular formula is C11H9Br2N3O. The number of nitrogens with zero attached hydrogens (tertiary/aromatic N) is 2. The maximum absolute atomic E-state index is 10.9. The first-order valence-electron chi connectivity index (χ1n) is 4.90. The van der Waals surface area contributed by atoms with Gasteiger partial charge in [0.15, 0.2) is 5.65 Å². The van der Waals surface area contributed by atoms with Gasteiger partial charge in [-0.15, -0.1) is 0 Å². The van der Waals surface area contributed by atoms with Gasteiger partial charge in [0.25, 0.3) is 0 Å². The number of anilines is 1. The maximum atomic E-state index is 10.9. The van der Waals surface area contributed by atoms with Gasteiger partial charge in [0.05, 0.1) is 5.69 Å². The van der Waals surface area contributed by atoms with E-state index in [1.54, 1.807) is 6.07 Å². The first-order valence-corrected chi connectivity index (χ1v) is 6.73. The number of fused-ring (bicyclic) bond motifs is 1. The standard InChI is InChI=1S/C11H9Br2N3O/c1-6(17)14-9-5-3-7-2-4-8(10(12)13)15-11(7)16-9/h2-5,10H,1H3,(H,14,15,16,17). The second kappa shape index (κ2) is 5.10. The second-order valence-electron chi connectivity index (χ2n) is 3.46. The molecule has 0 spiro atoms. The first kappa shape index (κ1) is 12.4. The number of rotatable bonds is 2. The zero-order valence-corrected chi connectivity index (χ0v) is 12.1. The van der Waals surface area contributed by atoms with Crippen molar-refractivity contribution in [2.24, 2.45) is 0 Å². The summed E-state index contributed by atoms with van der Waals surface area (Å²) >= 11 is 6.77. The molecule has 2 aromatic rings. The highest BCUT2D eigenvalue weighted by Gasteiger charge is 2.07. The molecule has 0 unspecified atom stereocenters. The Labute approximate surface area is 115 Å². The Morgan fingerprint density at radius 3 is 2.59 bits per heavy atom. The number of carbonyl (C=O) groups excluding carboxylic acids is 1. The van der Waals surface area contributed by atoms with Gasteiger partial charge in [-0.3, -0.25) is 4.79 Å². The molecule has 0 atom stereocenters. The number of alkyl halides is 2. The molecule has 0 aliphatic carbocycles. The Hall–Kier alpha value is -1.01. The molecule has 1 amide bonds. The van der Waals surface area contributed by atoms with E-state index in [9.17, 15) is 4.79 Å². The Morgan fingerprint density at radius 2 is 1.94 bits per heavy atom. The molecule has 0 bridgehead atoms. The highest BCUT2D eigenvalue weighted by molar-refractivity contribution is 9.24. The Balaban J connectivity index is 2.46. The number of halogens is 2. The number of hydrogen-bond donors (Lipinski definition) is 1. The van der Waals surface area contributed by atoms with Crippen LogP contribution in [0.5, 0.6) is 0 Å². The van der Waals surface area contributed by atoms with E-state index >= 15 is 0 Å². The minimum Gasteiger partial charge on any atom is -0.311 e. The van der Waals surface area contributed by atoms with Crippen molar-refractivity contribution < 1.29 is 4.79 Å². The number of hydrogen-bond acceptors (Lipinski definition) is 3. The minimum atomic E-state index is -0.146. The van der Waals surface area contributed by atoms with E-state index in [4.69, 9.17) is 0 Å². The molecule has 1 N–H and O–H groups in total. The molecule has 0 aromatic carbocycles. The highest BCUT2D eigenvalue weighted by Crippen LogP contribution is 2.28. The van der Waals surface area contributed by atoms with Crippen molar-refractivity contribution in [3.05, 3.63) is 30.0 Å². The monoisotopic (exact) mass is 357 g/mol. The number of pyridine rings is 2. The summed E-state index contributed by atoms with van der Waals surface area (Å²) in [6, 6.07) is 7.49. The largest absolute Gasteiger partial charge is 0.311 e. The van der Waals surface area contributed by atoms with E-state index in [2.05, 4.69) is 47.1 Å². The van der Waals surface area contributed by atoms with E-state index in [-0.39, 0.29) is 9.64 Å². The Morgan fingerprint density at radius 1 is 1.24 bits per heavy atom. The molecule has 2 rings (SSSR count). The summed E-state index contributed by atoms with van der Waals surface area (Å²) in [5.74, 6) is 0.363. The summed E-state index contributed by atoms with van der Waals surface area (Å²) in [6.45, 7) is 1.45. The lowest BCUT2D eigenvalue weighted by atomic mass is 10.2. The molecule has 88 valence electrons. The van der Waals surface area contributed by atoms with Crippen LogP contribution in [-0.2, 0) is 4.79 Å². The van der Waals surface area contributed by atoms with Crippen LogP contribution in [0.1, 0.15) is 16.4 Å². The zero-order chi connectivity index (χ0) is 12.4. The fourth-order valence-electron chi connectivity index (χ4n) is 1.39. The SMILES string of the molecule is CC(=O)Nc1ccc2ccc(C(Br)Br)nc2n1. The molecule has 0 aliphatic heterocycles. The van der Waals surface area contributed by atoms with Gasteiger partial charge in [-0.2, -0.15) is 0 Å². The van der Waals surface area contributed by atoms with Crippen LogP contribution in [-0.4, -0.2) is 15.9 Å². The van der Waals surface area contributed by atoms with E-state index in [0.29, 0.717) is 11.5 Å². The Kier molecular flexibility index (Phi) is 3.73. The smallest absolute Gasteiger partial charge is 0.222 e. The Bertz CT molecular complexity index is 572. The van der Waals surface area contributed by atoms with Crippen LogP contribution < -0.4 is 5.32 Å². The van der Waals surface area contributed by atoms with E-state index < -0.39 is 0 Å². The van der Waals surface area contributed by atoms with Crippen molar-refractivity contribution in [3.63, 3.8) is 0 Å². The van der Waals surface area contributed by atoms with Crippen LogP contribution in [0.15, 0.2) is 24.3 Å². The van der Waals surface area contributed by atoms with Crippen LogP contribution in [0.2, 0.25) is 0 Å². The minimum absolute atomic E-state index is 0.00868. The molecule has 6 heteroatoms. The second-order valence-corrected chi connectivity index (χ2v) is 6.52. The summed E-state index contributed by atoms with van der Waals surface area (Å²) in [4.78, 5) is 19.6. The third-order valence-electron chi connectivity index (χ3n) is 2.10. The maximum Gasteiger partial charge on any atom is 0.222 e. The average molecular weight is 359 g/mol. The summed E-state index contributed by atoms with van der Waals surface area (Å²) in [6.07, 6.45) is 0. The van der Waals surface area contributed by atoms with Crippen LogP contribution in [0.25, 0.3) is 11.0 Å². The van der Waals surface area contributed by atoms with Crippen molar-refractivity contribution >= 4 is 54.6 Å². The summed E-state index contributed by atoms with van der Waals surface area (Å²) in [5.41, 5.74) is 1.45. The van der Waals surface area contributed by atoms with Gasteiger partial charge >= 0.3 is 0 Å². The molecule has 0 aliphatic rings. The van der Waals surface area contributed by atoms with Gasteiger partial charge in [-0.1, -0.05) is 31.9 Å². The topological polar surface area (TPSA) is 54.9 Å². The number of nitrogens with one attached hydrogen (secondary N) is 1. The fourth-order valence-corrected chi connectivity index (χ4v) is 1.89. The lowest BCUT2D eigenvalue weighted by molar-refractivity contribution is -0.114. The van der Waals surface area contributed by atoms with Gasteiger partial charge in [-0.25, -0.2) is 9.97 Å². The van der Waals surface area contributed by atoms with E-state index in [0.717, 1.165) is 11.1 Å². The zero-order valence-electron chi connectivity index (χ0n) is 8.95. The molecule has 4 nitrogen and oxygen atoms in total. The van der Waals surface area contributed by atoms with Gasteiger partial charge in [0.1, 0.15) is 9.55 Å². The van der Waals surface area contributed by atoms with Crippen LogP contribution in [0.4, 0.5) is 5.82 Å². The van der Waals surface area contributed by atoms with E-state index in [1.165, 1.54) is 6.92 Å². The lowest BCUT2D eigenvalue weighted by Gasteiger charge is -2.05. The third kappa shape index (κ3) is 3.01. The molecule has 0 radical (unpaired) electrons. The molecule has 0 fully saturated rings. The number of amides is 1. The summed E-state index contributed by atoms with van der Waals surface area (Å²) in [5, 5.41) is 3.57. The quantitative estimate of drug-likeness (QED) is 0.837. The van der Waals surface area contributed by atoms with Crippen molar-refractivity contribution in [2.45, 2.75) is 10.7 Å². The predicted octanol–water partition coefficient (Wildman–Crippen LogP) is 3.38. The average Bonchev–Trinajstić information content (AvgIpc) is 2.27. The molecule has 2 aromatic heterocycles. The lowest BCUT2D eigenvalue weighted by Crippen LogP contribution is -2.07. The molecule has 0 saturated heterocycles. The molecular weight excluding hydrogens is 350 g/mol. The van der Waals surface area contributed by atoms with Gasteiger partial charge in [-0.05, 0) is 24.3 Å². The third-order valence-corrected chi connectivity index (χ3v) is 3.04. The van der Waals surface area contributed by atoms with Gasteiger partial charge < -0.3 is 5.32 Å². The van der Waals surface area contributed by atoms with Crippen molar-refractivity contribution in [3.8, 4) is 0 Å². The highest BCUT2D eigenvalue weighted by atomic mass is 79.9. The normalized spacial score (nSPS) is 10.8. The van der Waals surface area contributed by atoms with Gasteiger partial charge in [0, 0.05) is 12.3 Å². The van der Waals surface area contributed by atoms with Crippen LogP contribution in [0, 0.1) is 0 Å². The van der Waals surface area contributed by atoms with Crippen molar-refractivity contribution in [1.29, 1.82) is 0 Å². The molecule has 17 heavy (non-hydrogen) atoms. The van der Waals surface area contributed by atoms with Crippen LogP contribution >= 0.6 is 31.9 Å². The number of aromatic nitrogens is 2. The summed E-state index contributed by atoms with van der Waals surface area (Å²) in [7, 11) is 0.